The molecule has 0 aliphatic carbocycles. The summed E-state index contributed by atoms with van der Waals surface area (Å²) in [6, 6.07) is 0. The Morgan fingerprint density at radius 3 is 2.75 bits per heavy atom. The highest BCUT2D eigenvalue weighted by Gasteiger charge is 2.17. The van der Waals surface area contributed by atoms with Crippen molar-refractivity contribution < 1.29 is 0 Å². The molecule has 1 N–H and O–H groups in total. The van der Waals surface area contributed by atoms with Gasteiger partial charge in [-0.15, -0.1) is 33.9 Å². The summed E-state index contributed by atoms with van der Waals surface area (Å²) in [7, 11) is 0. The van der Waals surface area contributed by atoms with E-state index in [1.807, 2.05) is 5.51 Å². The second-order valence-electron chi connectivity index (χ2n) is 2.80. The van der Waals surface area contributed by atoms with Gasteiger partial charge < -0.3 is 5.32 Å². The number of aromatic nitrogens is 2. The van der Waals surface area contributed by atoms with Gasteiger partial charge in [0.05, 0.1) is 0 Å². The van der Waals surface area contributed by atoms with Gasteiger partial charge in [0, 0.05) is 5.92 Å². The zero-order chi connectivity index (χ0) is 7.52. The van der Waals surface area contributed by atoms with Crippen LogP contribution in [0.15, 0.2) is 5.51 Å². The topological polar surface area (TPSA) is 37.8 Å². The van der Waals surface area contributed by atoms with Crippen molar-refractivity contribution in [2.24, 2.45) is 0 Å². The number of halogens is 1. The van der Waals surface area contributed by atoms with E-state index in [2.05, 4.69) is 15.5 Å². The molecule has 0 radical (unpaired) electrons. The Hall–Kier alpha value is -0.190. The Morgan fingerprint density at radius 2 is 2.17 bits per heavy atom. The molecule has 0 unspecified atom stereocenters. The molecule has 1 aromatic heterocycles. The first kappa shape index (κ1) is 9.89. The molecule has 0 amide bonds. The van der Waals surface area contributed by atoms with Crippen LogP contribution in [-0.2, 0) is 0 Å². The minimum atomic E-state index is 0. The van der Waals surface area contributed by atoms with Gasteiger partial charge in [-0.05, 0) is 25.9 Å². The van der Waals surface area contributed by atoms with Crippen molar-refractivity contribution in [3.05, 3.63) is 10.5 Å². The summed E-state index contributed by atoms with van der Waals surface area (Å²) < 4.78 is 0. The first-order valence-corrected chi connectivity index (χ1v) is 4.81. The molecule has 1 fully saturated rings. The quantitative estimate of drug-likeness (QED) is 0.754. The lowest BCUT2D eigenvalue weighted by Gasteiger charge is -2.19. The molecule has 3 nitrogen and oxygen atoms in total. The van der Waals surface area contributed by atoms with Crippen LogP contribution >= 0.6 is 23.7 Å². The highest BCUT2D eigenvalue weighted by atomic mass is 35.5. The lowest BCUT2D eigenvalue weighted by atomic mass is 9.99. The van der Waals surface area contributed by atoms with Gasteiger partial charge in [0.1, 0.15) is 10.5 Å². The standard InChI is InChI=1S/C7H11N3S.ClH/c1-3-8-4-2-6(1)7-10-9-5-11-7;/h5-6,8H,1-4H2;1H. The van der Waals surface area contributed by atoms with E-state index in [1.165, 1.54) is 17.8 Å². The molecule has 5 heteroatoms. The number of rotatable bonds is 1. The summed E-state index contributed by atoms with van der Waals surface area (Å²) in [6.45, 7) is 2.26. The van der Waals surface area contributed by atoms with E-state index in [0.717, 1.165) is 13.1 Å². The fourth-order valence-corrected chi connectivity index (χ4v) is 2.15. The van der Waals surface area contributed by atoms with E-state index in [4.69, 9.17) is 0 Å². The van der Waals surface area contributed by atoms with E-state index < -0.39 is 0 Å². The number of nitrogens with zero attached hydrogens (tertiary/aromatic N) is 2. The minimum absolute atomic E-state index is 0. The fourth-order valence-electron chi connectivity index (χ4n) is 1.43. The van der Waals surface area contributed by atoms with Crippen LogP contribution in [0.25, 0.3) is 0 Å². The van der Waals surface area contributed by atoms with Gasteiger partial charge in [0.2, 0.25) is 0 Å². The summed E-state index contributed by atoms with van der Waals surface area (Å²) in [6.07, 6.45) is 2.43. The molecule has 0 atom stereocenters. The van der Waals surface area contributed by atoms with Crippen LogP contribution in [0.3, 0.4) is 0 Å². The number of nitrogens with one attached hydrogen (secondary N) is 1. The van der Waals surface area contributed by atoms with Crippen molar-refractivity contribution in [1.82, 2.24) is 15.5 Å². The van der Waals surface area contributed by atoms with E-state index >= 15 is 0 Å². The van der Waals surface area contributed by atoms with Crippen LogP contribution in [0.2, 0.25) is 0 Å². The van der Waals surface area contributed by atoms with E-state index in [0.29, 0.717) is 5.92 Å². The molecule has 0 spiro atoms. The number of piperidine rings is 1. The van der Waals surface area contributed by atoms with Crippen molar-refractivity contribution in [3.63, 3.8) is 0 Å². The Bertz CT molecular complexity index is 208. The smallest absolute Gasteiger partial charge is 0.120 e. The van der Waals surface area contributed by atoms with Crippen molar-refractivity contribution in [2.45, 2.75) is 18.8 Å². The Kier molecular flexibility index (Phi) is 3.91. The molecular weight excluding hydrogens is 194 g/mol. The Morgan fingerprint density at radius 1 is 1.42 bits per heavy atom. The minimum Gasteiger partial charge on any atom is -0.317 e. The maximum absolute atomic E-state index is 4.08. The fraction of sp³-hybridized carbons (Fsp3) is 0.714. The average molecular weight is 206 g/mol. The van der Waals surface area contributed by atoms with Gasteiger partial charge in [0.25, 0.3) is 0 Å². The van der Waals surface area contributed by atoms with Crippen molar-refractivity contribution in [1.29, 1.82) is 0 Å². The molecule has 1 saturated heterocycles. The van der Waals surface area contributed by atoms with Crippen molar-refractivity contribution in [2.75, 3.05) is 13.1 Å². The summed E-state index contributed by atoms with van der Waals surface area (Å²) in [5, 5.41) is 12.5. The number of hydrogen-bond acceptors (Lipinski definition) is 4. The van der Waals surface area contributed by atoms with Gasteiger partial charge in [-0.1, -0.05) is 0 Å². The Labute approximate surface area is 82.0 Å². The van der Waals surface area contributed by atoms with Crippen LogP contribution < -0.4 is 5.32 Å². The number of hydrogen-bond donors (Lipinski definition) is 1. The first-order valence-electron chi connectivity index (χ1n) is 3.93. The molecule has 1 aromatic rings. The van der Waals surface area contributed by atoms with Crippen LogP contribution in [0, 0.1) is 0 Å². The first-order chi connectivity index (χ1) is 5.47. The molecule has 12 heavy (non-hydrogen) atoms. The molecule has 1 aliphatic heterocycles. The molecule has 2 rings (SSSR count). The summed E-state index contributed by atoms with van der Waals surface area (Å²) in [5.41, 5.74) is 1.82. The van der Waals surface area contributed by atoms with Crippen LogP contribution in [-0.4, -0.2) is 23.3 Å². The van der Waals surface area contributed by atoms with Gasteiger partial charge in [-0.25, -0.2) is 0 Å². The second-order valence-corrected chi connectivity index (χ2v) is 3.67. The van der Waals surface area contributed by atoms with Crippen LogP contribution in [0.4, 0.5) is 0 Å². The molecule has 0 aromatic carbocycles. The average Bonchev–Trinajstić information content (AvgIpc) is 2.58. The maximum Gasteiger partial charge on any atom is 0.120 e. The maximum atomic E-state index is 4.08. The zero-order valence-corrected chi connectivity index (χ0v) is 8.33. The zero-order valence-electron chi connectivity index (χ0n) is 6.69. The monoisotopic (exact) mass is 205 g/mol. The van der Waals surface area contributed by atoms with E-state index in [-0.39, 0.29) is 12.4 Å². The largest absolute Gasteiger partial charge is 0.317 e. The third kappa shape index (κ3) is 2.15. The van der Waals surface area contributed by atoms with Gasteiger partial charge in [0.15, 0.2) is 0 Å². The molecule has 68 valence electrons. The SMILES string of the molecule is Cl.c1nnc(C2CCNCC2)s1. The summed E-state index contributed by atoms with van der Waals surface area (Å²) >= 11 is 1.68. The molecular formula is C7H12ClN3S. The third-order valence-electron chi connectivity index (χ3n) is 2.07. The molecule has 0 bridgehead atoms. The van der Waals surface area contributed by atoms with Gasteiger partial charge in [-0.3, -0.25) is 0 Å². The summed E-state index contributed by atoms with van der Waals surface area (Å²) in [5.74, 6) is 0.670. The van der Waals surface area contributed by atoms with Crippen LogP contribution in [0.1, 0.15) is 23.8 Å². The molecule has 1 aliphatic rings. The predicted molar refractivity (Wildman–Crippen MR) is 52.0 cm³/mol. The third-order valence-corrected chi connectivity index (χ3v) is 2.92. The van der Waals surface area contributed by atoms with Crippen LogP contribution in [0.5, 0.6) is 0 Å². The molecule has 2 heterocycles. The second kappa shape index (κ2) is 4.74. The van der Waals surface area contributed by atoms with E-state index in [9.17, 15) is 0 Å². The van der Waals surface area contributed by atoms with Crippen molar-refractivity contribution >= 4 is 23.7 Å². The summed E-state index contributed by atoms with van der Waals surface area (Å²) in [4.78, 5) is 0. The Balaban J connectivity index is 0.000000720. The van der Waals surface area contributed by atoms with E-state index in [1.54, 1.807) is 11.3 Å². The predicted octanol–water partition coefficient (Wildman–Crippen LogP) is 1.43. The lowest BCUT2D eigenvalue weighted by molar-refractivity contribution is 0.457. The van der Waals surface area contributed by atoms with Crippen molar-refractivity contribution in [3.8, 4) is 0 Å². The lowest BCUT2D eigenvalue weighted by Crippen LogP contribution is -2.26. The molecule has 0 saturated carbocycles. The highest BCUT2D eigenvalue weighted by molar-refractivity contribution is 7.09. The van der Waals surface area contributed by atoms with Gasteiger partial charge in [-0.2, -0.15) is 0 Å². The highest BCUT2D eigenvalue weighted by Crippen LogP contribution is 2.25. The van der Waals surface area contributed by atoms with Gasteiger partial charge >= 0.3 is 0 Å². The normalized spacial score (nSPS) is 18.7.